The number of ether oxygens (including phenoxy) is 1. The molecule has 0 atom stereocenters. The molecule has 144 valence electrons. The average molecular weight is 388 g/mol. The summed E-state index contributed by atoms with van der Waals surface area (Å²) in [5, 5.41) is 3.96. The Kier molecular flexibility index (Phi) is 6.92. The van der Waals surface area contributed by atoms with E-state index in [9.17, 15) is 9.59 Å². The molecule has 1 fully saturated rings. The summed E-state index contributed by atoms with van der Waals surface area (Å²) in [4.78, 5) is 27.4. The molecule has 0 saturated carbocycles. The van der Waals surface area contributed by atoms with Crippen LogP contribution in [0.5, 0.6) is 0 Å². The Balaban J connectivity index is 1.56. The number of amides is 1. The van der Waals surface area contributed by atoms with Gasteiger partial charge < -0.3 is 14.2 Å². The van der Waals surface area contributed by atoms with Gasteiger partial charge in [-0.3, -0.25) is 4.79 Å². The molecule has 2 aromatic rings. The second-order valence-electron chi connectivity index (χ2n) is 6.58. The monoisotopic (exact) mass is 388 g/mol. The summed E-state index contributed by atoms with van der Waals surface area (Å²) < 4.78 is 10.4. The van der Waals surface area contributed by atoms with Crippen LogP contribution < -0.4 is 0 Å². The minimum atomic E-state index is -0.474. The molecule has 1 saturated heterocycles. The van der Waals surface area contributed by atoms with Gasteiger partial charge in [-0.05, 0) is 31.9 Å². The molecule has 7 heteroatoms. The summed E-state index contributed by atoms with van der Waals surface area (Å²) in [5.74, 6) is 0.755. The van der Waals surface area contributed by atoms with Crippen molar-refractivity contribution in [1.82, 2.24) is 10.1 Å². The summed E-state index contributed by atoms with van der Waals surface area (Å²) in [6.07, 6.45) is 4.33. The summed E-state index contributed by atoms with van der Waals surface area (Å²) in [5.41, 5.74) is 1.28. The highest BCUT2D eigenvalue weighted by atomic mass is 32.2. The molecular formula is C20H24N2O4S. The van der Waals surface area contributed by atoms with Crippen molar-refractivity contribution in [2.45, 2.75) is 43.3 Å². The van der Waals surface area contributed by atoms with E-state index in [2.05, 4.69) is 5.16 Å². The largest absolute Gasteiger partial charge is 0.452 e. The lowest BCUT2D eigenvalue weighted by Gasteiger charge is -2.20. The molecule has 0 unspecified atom stereocenters. The summed E-state index contributed by atoms with van der Waals surface area (Å²) in [7, 11) is 0. The predicted octanol–water partition coefficient (Wildman–Crippen LogP) is 3.83. The maximum absolute atomic E-state index is 12.5. The Bertz CT molecular complexity index is 782. The summed E-state index contributed by atoms with van der Waals surface area (Å²) in [6.45, 7) is 3.13. The number of carbonyl (C=O) groups is 2. The zero-order valence-corrected chi connectivity index (χ0v) is 16.3. The van der Waals surface area contributed by atoms with Crippen LogP contribution in [-0.2, 0) is 15.3 Å². The lowest BCUT2D eigenvalue weighted by atomic mass is 10.2. The van der Waals surface area contributed by atoms with Gasteiger partial charge in [-0.15, -0.1) is 11.8 Å². The van der Waals surface area contributed by atoms with E-state index in [4.69, 9.17) is 9.26 Å². The average Bonchev–Trinajstić information content (AvgIpc) is 2.93. The number of hydrogen-bond acceptors (Lipinski definition) is 6. The van der Waals surface area contributed by atoms with E-state index in [1.165, 1.54) is 11.8 Å². The fraction of sp³-hybridized carbons (Fsp3) is 0.450. The SMILES string of the molecule is Cc1cc(CSc2ccccc2C(=O)OCC(=O)N2CCCCCC2)no1. The number of benzene rings is 1. The Morgan fingerprint density at radius 2 is 1.93 bits per heavy atom. The van der Waals surface area contributed by atoms with Crippen molar-refractivity contribution < 1.29 is 18.8 Å². The highest BCUT2D eigenvalue weighted by Gasteiger charge is 2.19. The molecular weight excluding hydrogens is 364 g/mol. The molecule has 0 spiro atoms. The highest BCUT2D eigenvalue weighted by molar-refractivity contribution is 7.98. The Morgan fingerprint density at radius 1 is 1.19 bits per heavy atom. The van der Waals surface area contributed by atoms with Gasteiger partial charge in [0.1, 0.15) is 5.76 Å². The van der Waals surface area contributed by atoms with Crippen molar-refractivity contribution >= 4 is 23.6 Å². The van der Waals surface area contributed by atoms with Crippen LogP contribution in [0, 0.1) is 6.92 Å². The van der Waals surface area contributed by atoms with Crippen LogP contribution in [0.25, 0.3) is 0 Å². The first-order chi connectivity index (χ1) is 13.1. The third-order valence-electron chi connectivity index (χ3n) is 4.44. The molecule has 27 heavy (non-hydrogen) atoms. The Hall–Kier alpha value is -2.28. The number of esters is 1. The quantitative estimate of drug-likeness (QED) is 0.553. The second-order valence-corrected chi connectivity index (χ2v) is 7.60. The van der Waals surface area contributed by atoms with Crippen molar-refractivity contribution in [3.8, 4) is 0 Å². The number of hydrogen-bond donors (Lipinski definition) is 0. The smallest absolute Gasteiger partial charge is 0.339 e. The van der Waals surface area contributed by atoms with E-state index in [-0.39, 0.29) is 12.5 Å². The molecule has 0 bridgehead atoms. The number of aryl methyl sites for hydroxylation is 1. The van der Waals surface area contributed by atoms with Crippen molar-refractivity contribution in [3.05, 3.63) is 47.3 Å². The van der Waals surface area contributed by atoms with Crippen LogP contribution >= 0.6 is 11.8 Å². The van der Waals surface area contributed by atoms with Crippen LogP contribution in [-0.4, -0.2) is 41.6 Å². The number of thioether (sulfide) groups is 1. The lowest BCUT2D eigenvalue weighted by Crippen LogP contribution is -2.35. The van der Waals surface area contributed by atoms with Crippen molar-refractivity contribution in [2.24, 2.45) is 0 Å². The molecule has 1 aliphatic rings. The Morgan fingerprint density at radius 3 is 2.63 bits per heavy atom. The van der Waals surface area contributed by atoms with E-state index >= 15 is 0 Å². The lowest BCUT2D eigenvalue weighted by molar-refractivity contribution is -0.134. The first kappa shape index (κ1) is 19.5. The highest BCUT2D eigenvalue weighted by Crippen LogP contribution is 2.26. The molecule has 0 aliphatic carbocycles. The normalized spacial score (nSPS) is 14.6. The van der Waals surface area contributed by atoms with Crippen molar-refractivity contribution in [2.75, 3.05) is 19.7 Å². The molecule has 1 aliphatic heterocycles. The number of rotatable bonds is 6. The van der Waals surface area contributed by atoms with Crippen LogP contribution in [0.4, 0.5) is 0 Å². The van der Waals surface area contributed by atoms with E-state index in [0.717, 1.165) is 55.1 Å². The molecule has 0 N–H and O–H groups in total. The molecule has 1 aromatic heterocycles. The topological polar surface area (TPSA) is 72.6 Å². The molecule has 1 amide bonds. The van der Waals surface area contributed by atoms with Gasteiger partial charge in [0, 0.05) is 29.8 Å². The third kappa shape index (κ3) is 5.60. The zero-order valence-electron chi connectivity index (χ0n) is 15.5. The number of aromatic nitrogens is 1. The van der Waals surface area contributed by atoms with E-state index in [0.29, 0.717) is 11.3 Å². The van der Waals surface area contributed by atoms with E-state index in [1.54, 1.807) is 17.0 Å². The van der Waals surface area contributed by atoms with E-state index < -0.39 is 5.97 Å². The van der Waals surface area contributed by atoms with Gasteiger partial charge in [0.2, 0.25) is 0 Å². The van der Waals surface area contributed by atoms with Crippen LogP contribution in [0.2, 0.25) is 0 Å². The number of likely N-dealkylation sites (tertiary alicyclic amines) is 1. The van der Waals surface area contributed by atoms with Gasteiger partial charge in [-0.1, -0.05) is 30.1 Å². The molecule has 2 heterocycles. The van der Waals surface area contributed by atoms with Crippen molar-refractivity contribution in [3.63, 3.8) is 0 Å². The van der Waals surface area contributed by atoms with Crippen molar-refractivity contribution in [1.29, 1.82) is 0 Å². The third-order valence-corrected chi connectivity index (χ3v) is 5.55. The summed E-state index contributed by atoms with van der Waals surface area (Å²) >= 11 is 1.49. The van der Waals surface area contributed by atoms with Gasteiger partial charge in [0.15, 0.2) is 6.61 Å². The van der Waals surface area contributed by atoms with E-state index in [1.807, 2.05) is 25.1 Å². The fourth-order valence-corrected chi connectivity index (χ4v) is 3.94. The molecule has 1 aromatic carbocycles. The first-order valence-electron chi connectivity index (χ1n) is 9.22. The zero-order chi connectivity index (χ0) is 19.1. The maximum Gasteiger partial charge on any atom is 0.339 e. The van der Waals surface area contributed by atoms with Gasteiger partial charge in [0.25, 0.3) is 5.91 Å². The van der Waals surface area contributed by atoms with Gasteiger partial charge in [-0.2, -0.15) is 0 Å². The molecule has 0 radical (unpaired) electrons. The minimum Gasteiger partial charge on any atom is -0.452 e. The fourth-order valence-electron chi connectivity index (χ4n) is 3.02. The number of nitrogens with zero attached hydrogens (tertiary/aromatic N) is 2. The summed E-state index contributed by atoms with van der Waals surface area (Å²) in [6, 6.07) is 9.11. The predicted molar refractivity (Wildman–Crippen MR) is 103 cm³/mol. The second kappa shape index (κ2) is 9.60. The van der Waals surface area contributed by atoms with Gasteiger partial charge in [0.05, 0.1) is 11.3 Å². The number of carbonyl (C=O) groups excluding carboxylic acids is 2. The minimum absolute atomic E-state index is 0.117. The maximum atomic E-state index is 12.5. The van der Waals surface area contributed by atoms with Crippen LogP contribution in [0.1, 0.15) is 47.5 Å². The van der Waals surface area contributed by atoms with Crippen LogP contribution in [0.15, 0.2) is 39.8 Å². The molecule has 6 nitrogen and oxygen atoms in total. The molecule has 3 rings (SSSR count). The Labute approximate surface area is 163 Å². The van der Waals surface area contributed by atoms with Crippen LogP contribution in [0.3, 0.4) is 0 Å². The standard InChI is InChI=1S/C20H24N2O4S/c1-15-12-16(21-26-15)14-27-18-9-5-4-8-17(18)20(24)25-13-19(23)22-10-6-2-3-7-11-22/h4-5,8-9,12H,2-3,6-7,10-11,13-14H2,1H3. The van der Waals surface area contributed by atoms with Gasteiger partial charge in [-0.25, -0.2) is 4.79 Å². The first-order valence-corrected chi connectivity index (χ1v) is 10.2. The van der Waals surface area contributed by atoms with Gasteiger partial charge >= 0.3 is 5.97 Å².